The Labute approximate surface area is 220 Å². The van der Waals surface area contributed by atoms with Gasteiger partial charge in [-0.2, -0.15) is 10.4 Å². The summed E-state index contributed by atoms with van der Waals surface area (Å²) in [6, 6.07) is 31.5. The molecule has 1 N–H and O–H groups in total. The van der Waals surface area contributed by atoms with Crippen LogP contribution in [0.5, 0.6) is 0 Å². The lowest BCUT2D eigenvalue weighted by Gasteiger charge is -2.06. The average Bonchev–Trinajstić information content (AvgIpc) is 3.36. The van der Waals surface area contributed by atoms with E-state index in [1.807, 2.05) is 66.9 Å². The van der Waals surface area contributed by atoms with E-state index in [0.717, 1.165) is 37.8 Å². The highest BCUT2D eigenvalue weighted by atomic mass is 79.9. The number of para-hydroxylation sites is 1. The van der Waals surface area contributed by atoms with E-state index >= 15 is 0 Å². The Balaban J connectivity index is 1.57. The van der Waals surface area contributed by atoms with Crippen molar-refractivity contribution in [1.29, 1.82) is 5.26 Å². The minimum atomic E-state index is -0.309. The van der Waals surface area contributed by atoms with Crippen LogP contribution in [-0.2, 0) is 0 Å². The summed E-state index contributed by atoms with van der Waals surface area (Å²) in [6.07, 6.45) is 3.62. The molecule has 0 unspecified atom stereocenters. The molecule has 0 bridgehead atoms. The maximum atomic E-state index is 12.8. The molecule has 0 amide bonds. The van der Waals surface area contributed by atoms with Crippen LogP contribution >= 0.6 is 15.9 Å². The van der Waals surface area contributed by atoms with E-state index in [1.165, 1.54) is 0 Å². The molecule has 6 aromatic rings. The molecule has 0 fully saturated rings. The number of H-pyrrole nitrogens is 1. The fraction of sp³-hybridized carbons (Fsp3) is 0. The minimum Gasteiger partial charge on any atom is -0.305 e. The maximum Gasteiger partial charge on any atom is 0.259 e. The number of allylic oxidation sites excluding steroid dienone is 1. The number of nitriles is 1. The molecule has 0 aliphatic carbocycles. The summed E-state index contributed by atoms with van der Waals surface area (Å²) in [4.78, 5) is 20.1. The van der Waals surface area contributed by atoms with Gasteiger partial charge in [0.2, 0.25) is 0 Å². The summed E-state index contributed by atoms with van der Waals surface area (Å²) in [6.45, 7) is 0. The SMILES string of the molecule is N#C/C(=C\c1cn(-c2ccccc2)nc1-c1cccc2ccccc12)c1nc2ccc(Br)cc2c(=O)[nH]1. The lowest BCUT2D eigenvalue weighted by Crippen LogP contribution is -2.11. The molecule has 0 atom stereocenters. The van der Waals surface area contributed by atoms with Crippen LogP contribution in [0, 0.1) is 11.3 Å². The van der Waals surface area contributed by atoms with Crippen molar-refractivity contribution in [3.8, 4) is 23.0 Å². The second-order valence-electron chi connectivity index (χ2n) is 8.49. The van der Waals surface area contributed by atoms with E-state index < -0.39 is 0 Å². The number of hydrogen-bond donors (Lipinski definition) is 1. The molecule has 0 radical (unpaired) electrons. The minimum absolute atomic E-state index is 0.207. The van der Waals surface area contributed by atoms with Crippen LogP contribution in [0.4, 0.5) is 0 Å². The maximum absolute atomic E-state index is 12.8. The number of hydrogen-bond acceptors (Lipinski definition) is 4. The third kappa shape index (κ3) is 4.24. The number of fused-ring (bicyclic) bond motifs is 2. The third-order valence-electron chi connectivity index (χ3n) is 6.15. The lowest BCUT2D eigenvalue weighted by atomic mass is 9.99. The molecule has 4 aromatic carbocycles. The molecule has 37 heavy (non-hydrogen) atoms. The molecule has 6 rings (SSSR count). The standard InChI is InChI=1S/C30H18BrN5O/c31-22-13-14-27-26(16-22)30(37)34-29(33-27)20(17-32)15-21-18-36(23-9-2-1-3-10-23)35-28(21)25-12-6-8-19-7-4-5-11-24(19)25/h1-16,18H,(H,33,34,37)/b20-15+. The number of halogens is 1. The van der Waals surface area contributed by atoms with Gasteiger partial charge in [-0.15, -0.1) is 0 Å². The first-order valence-corrected chi connectivity index (χ1v) is 12.3. The summed E-state index contributed by atoms with van der Waals surface area (Å²) >= 11 is 3.39. The number of benzene rings is 4. The zero-order valence-electron chi connectivity index (χ0n) is 19.4. The fourth-order valence-corrected chi connectivity index (χ4v) is 4.76. The molecule has 0 aliphatic rings. The van der Waals surface area contributed by atoms with Gasteiger partial charge < -0.3 is 4.98 Å². The van der Waals surface area contributed by atoms with Crippen molar-refractivity contribution in [3.63, 3.8) is 0 Å². The van der Waals surface area contributed by atoms with Crippen molar-refractivity contribution in [1.82, 2.24) is 19.7 Å². The molecule has 0 saturated carbocycles. The van der Waals surface area contributed by atoms with Gasteiger partial charge >= 0.3 is 0 Å². The zero-order chi connectivity index (χ0) is 25.4. The van der Waals surface area contributed by atoms with Gasteiger partial charge in [-0.3, -0.25) is 4.79 Å². The summed E-state index contributed by atoms with van der Waals surface area (Å²) in [5, 5.41) is 17.6. The first-order valence-electron chi connectivity index (χ1n) is 11.6. The fourth-order valence-electron chi connectivity index (χ4n) is 4.39. The van der Waals surface area contributed by atoms with Crippen molar-refractivity contribution >= 4 is 49.3 Å². The molecule has 2 heterocycles. The molecular weight excluding hydrogens is 526 g/mol. The Morgan fingerprint density at radius 2 is 1.73 bits per heavy atom. The number of rotatable bonds is 4. The van der Waals surface area contributed by atoms with Crippen LogP contribution in [0.15, 0.2) is 106 Å². The van der Waals surface area contributed by atoms with E-state index in [9.17, 15) is 10.1 Å². The van der Waals surface area contributed by atoms with Crippen LogP contribution in [0.1, 0.15) is 11.4 Å². The van der Waals surface area contributed by atoms with Crippen LogP contribution in [0.3, 0.4) is 0 Å². The Morgan fingerprint density at radius 3 is 2.57 bits per heavy atom. The van der Waals surface area contributed by atoms with Crippen LogP contribution in [0.25, 0.3) is 50.3 Å². The number of aromatic nitrogens is 4. The molecule has 7 heteroatoms. The normalized spacial score (nSPS) is 11.6. The Morgan fingerprint density at radius 1 is 0.946 bits per heavy atom. The highest BCUT2D eigenvalue weighted by Crippen LogP contribution is 2.32. The number of nitrogens with zero attached hydrogens (tertiary/aromatic N) is 4. The Hall–Kier alpha value is -4.80. The molecular formula is C30H18BrN5O. The van der Waals surface area contributed by atoms with Crippen LogP contribution in [-0.4, -0.2) is 19.7 Å². The molecule has 2 aromatic heterocycles. The van der Waals surface area contributed by atoms with Crippen LogP contribution < -0.4 is 5.56 Å². The average molecular weight is 544 g/mol. The predicted molar refractivity (Wildman–Crippen MR) is 150 cm³/mol. The van der Waals surface area contributed by atoms with Gasteiger partial charge in [-0.1, -0.05) is 76.6 Å². The monoisotopic (exact) mass is 543 g/mol. The molecule has 6 nitrogen and oxygen atoms in total. The second-order valence-corrected chi connectivity index (χ2v) is 9.40. The highest BCUT2D eigenvalue weighted by Gasteiger charge is 2.16. The van der Waals surface area contributed by atoms with Gasteiger partial charge in [0, 0.05) is 21.8 Å². The third-order valence-corrected chi connectivity index (χ3v) is 6.64. The van der Waals surface area contributed by atoms with E-state index in [2.05, 4.69) is 50.2 Å². The quantitative estimate of drug-likeness (QED) is 0.249. The van der Waals surface area contributed by atoms with Crippen molar-refractivity contribution < 1.29 is 0 Å². The van der Waals surface area contributed by atoms with Gasteiger partial charge in [-0.05, 0) is 47.2 Å². The van der Waals surface area contributed by atoms with Crippen molar-refractivity contribution in [2.24, 2.45) is 0 Å². The van der Waals surface area contributed by atoms with Crippen molar-refractivity contribution in [2.75, 3.05) is 0 Å². The summed E-state index contributed by atoms with van der Waals surface area (Å²) in [7, 11) is 0. The van der Waals surface area contributed by atoms with Gasteiger partial charge in [0.05, 0.1) is 22.2 Å². The largest absolute Gasteiger partial charge is 0.305 e. The van der Waals surface area contributed by atoms with Gasteiger partial charge in [0.15, 0.2) is 5.82 Å². The van der Waals surface area contributed by atoms with Gasteiger partial charge in [0.25, 0.3) is 5.56 Å². The summed E-state index contributed by atoms with van der Waals surface area (Å²) in [5.74, 6) is 0.207. The van der Waals surface area contributed by atoms with Gasteiger partial charge in [0.1, 0.15) is 11.8 Å². The first kappa shape index (κ1) is 22.7. The number of aromatic amines is 1. The Kier molecular flexibility index (Phi) is 5.72. The van der Waals surface area contributed by atoms with Crippen LogP contribution in [0.2, 0.25) is 0 Å². The van der Waals surface area contributed by atoms with E-state index in [0.29, 0.717) is 10.9 Å². The first-order chi connectivity index (χ1) is 18.1. The summed E-state index contributed by atoms with van der Waals surface area (Å²) in [5.41, 5.74) is 3.73. The lowest BCUT2D eigenvalue weighted by molar-refractivity contribution is 0.884. The molecule has 0 aliphatic heterocycles. The van der Waals surface area contributed by atoms with E-state index in [4.69, 9.17) is 5.10 Å². The van der Waals surface area contributed by atoms with Crippen molar-refractivity contribution in [2.45, 2.75) is 0 Å². The summed E-state index contributed by atoms with van der Waals surface area (Å²) < 4.78 is 2.58. The number of nitrogens with one attached hydrogen (secondary N) is 1. The topological polar surface area (TPSA) is 87.4 Å². The molecule has 0 spiro atoms. The smallest absolute Gasteiger partial charge is 0.259 e. The second kappa shape index (κ2) is 9.34. The van der Waals surface area contributed by atoms with Gasteiger partial charge in [-0.25, -0.2) is 9.67 Å². The Bertz CT molecular complexity index is 1920. The van der Waals surface area contributed by atoms with E-state index in [-0.39, 0.29) is 17.0 Å². The predicted octanol–water partition coefficient (Wildman–Crippen LogP) is 6.76. The van der Waals surface area contributed by atoms with Crippen molar-refractivity contribution in [3.05, 3.63) is 123 Å². The van der Waals surface area contributed by atoms with E-state index in [1.54, 1.807) is 22.9 Å². The highest BCUT2D eigenvalue weighted by molar-refractivity contribution is 9.10. The zero-order valence-corrected chi connectivity index (χ0v) is 21.0. The molecule has 0 saturated heterocycles. The molecule has 176 valence electrons.